The van der Waals surface area contributed by atoms with Crippen LogP contribution in [0.2, 0.25) is 0 Å². The van der Waals surface area contributed by atoms with Crippen LogP contribution in [0.1, 0.15) is 19.8 Å². The number of carbonyl (C=O) groups excluding carboxylic acids is 1. The zero-order chi connectivity index (χ0) is 14.4. The van der Waals surface area contributed by atoms with Crippen molar-refractivity contribution in [3.05, 3.63) is 30.3 Å². The molecular weight excluding hydrogens is 270 g/mol. The maximum absolute atomic E-state index is 11.3. The van der Waals surface area contributed by atoms with Crippen LogP contribution in [0.3, 0.4) is 0 Å². The molecular formula is C15H21N3OS. The number of hydrogen-bond acceptors (Lipinski definition) is 2. The number of rotatable bonds is 3. The van der Waals surface area contributed by atoms with Crippen LogP contribution in [-0.4, -0.2) is 35.6 Å². The second-order valence-corrected chi connectivity index (χ2v) is 5.56. The van der Waals surface area contributed by atoms with Crippen molar-refractivity contribution in [3.63, 3.8) is 0 Å². The lowest BCUT2D eigenvalue weighted by Gasteiger charge is -2.31. The van der Waals surface area contributed by atoms with Gasteiger partial charge in [0.1, 0.15) is 0 Å². The third-order valence-electron chi connectivity index (χ3n) is 3.64. The summed E-state index contributed by atoms with van der Waals surface area (Å²) in [5.41, 5.74) is 0.997. The van der Waals surface area contributed by atoms with Gasteiger partial charge in [0.2, 0.25) is 5.91 Å². The number of benzene rings is 1. The molecule has 1 fully saturated rings. The van der Waals surface area contributed by atoms with Crippen molar-refractivity contribution in [3.8, 4) is 0 Å². The SMILES string of the molecule is CC(=O)N1CCC(CNC(=S)Nc2ccccc2)CC1. The van der Waals surface area contributed by atoms with Gasteiger partial charge in [0.25, 0.3) is 0 Å². The lowest BCUT2D eigenvalue weighted by molar-refractivity contribution is -0.130. The molecule has 5 heteroatoms. The lowest BCUT2D eigenvalue weighted by atomic mass is 9.97. The molecule has 1 amide bonds. The van der Waals surface area contributed by atoms with Gasteiger partial charge in [0, 0.05) is 32.2 Å². The smallest absolute Gasteiger partial charge is 0.219 e. The van der Waals surface area contributed by atoms with Gasteiger partial charge >= 0.3 is 0 Å². The van der Waals surface area contributed by atoms with E-state index in [0.29, 0.717) is 11.0 Å². The highest BCUT2D eigenvalue weighted by molar-refractivity contribution is 7.80. The minimum Gasteiger partial charge on any atom is -0.362 e. The van der Waals surface area contributed by atoms with Gasteiger partial charge in [-0.1, -0.05) is 18.2 Å². The van der Waals surface area contributed by atoms with Gasteiger partial charge in [-0.3, -0.25) is 4.79 Å². The van der Waals surface area contributed by atoms with Crippen molar-refractivity contribution in [1.82, 2.24) is 10.2 Å². The predicted octanol–water partition coefficient (Wildman–Crippen LogP) is 2.23. The zero-order valence-corrected chi connectivity index (χ0v) is 12.6. The van der Waals surface area contributed by atoms with Crippen LogP contribution in [0.25, 0.3) is 0 Å². The van der Waals surface area contributed by atoms with Gasteiger partial charge in [-0.05, 0) is 43.1 Å². The molecule has 0 saturated carbocycles. The molecule has 1 aliphatic heterocycles. The first-order valence-corrected chi connectivity index (χ1v) is 7.41. The maximum Gasteiger partial charge on any atom is 0.219 e. The molecule has 4 nitrogen and oxygen atoms in total. The Labute approximate surface area is 125 Å². The molecule has 20 heavy (non-hydrogen) atoms. The van der Waals surface area contributed by atoms with Crippen molar-refractivity contribution in [2.45, 2.75) is 19.8 Å². The minimum absolute atomic E-state index is 0.178. The average molecular weight is 291 g/mol. The van der Waals surface area contributed by atoms with Crippen LogP contribution in [0.5, 0.6) is 0 Å². The number of anilines is 1. The van der Waals surface area contributed by atoms with Gasteiger partial charge < -0.3 is 15.5 Å². The highest BCUT2D eigenvalue weighted by Crippen LogP contribution is 2.16. The van der Waals surface area contributed by atoms with Crippen LogP contribution < -0.4 is 10.6 Å². The predicted molar refractivity (Wildman–Crippen MR) is 85.6 cm³/mol. The Morgan fingerprint density at radius 1 is 1.30 bits per heavy atom. The van der Waals surface area contributed by atoms with E-state index in [4.69, 9.17) is 12.2 Å². The third kappa shape index (κ3) is 4.49. The van der Waals surface area contributed by atoms with E-state index >= 15 is 0 Å². The molecule has 0 aromatic heterocycles. The number of likely N-dealkylation sites (tertiary alicyclic amines) is 1. The number of hydrogen-bond donors (Lipinski definition) is 2. The summed E-state index contributed by atoms with van der Waals surface area (Å²) in [6.45, 7) is 4.23. The number of nitrogens with zero attached hydrogens (tertiary/aromatic N) is 1. The zero-order valence-electron chi connectivity index (χ0n) is 11.8. The number of nitrogens with one attached hydrogen (secondary N) is 2. The fourth-order valence-electron chi connectivity index (χ4n) is 2.39. The highest BCUT2D eigenvalue weighted by Gasteiger charge is 2.20. The van der Waals surface area contributed by atoms with Crippen LogP contribution >= 0.6 is 12.2 Å². The number of para-hydroxylation sites is 1. The first-order chi connectivity index (χ1) is 9.65. The summed E-state index contributed by atoms with van der Waals surface area (Å²) in [6, 6.07) is 9.90. The topological polar surface area (TPSA) is 44.4 Å². The fourth-order valence-corrected chi connectivity index (χ4v) is 2.59. The van der Waals surface area contributed by atoms with Gasteiger partial charge in [-0.15, -0.1) is 0 Å². The molecule has 2 N–H and O–H groups in total. The molecule has 0 bridgehead atoms. The van der Waals surface area contributed by atoms with Crippen molar-refractivity contribution in [2.75, 3.05) is 25.0 Å². The first-order valence-electron chi connectivity index (χ1n) is 7.00. The second-order valence-electron chi connectivity index (χ2n) is 5.15. The summed E-state index contributed by atoms with van der Waals surface area (Å²) in [4.78, 5) is 13.2. The molecule has 0 radical (unpaired) electrons. The molecule has 0 aliphatic carbocycles. The summed E-state index contributed by atoms with van der Waals surface area (Å²) >= 11 is 5.28. The van der Waals surface area contributed by atoms with E-state index in [2.05, 4.69) is 10.6 Å². The molecule has 108 valence electrons. The van der Waals surface area contributed by atoms with Gasteiger partial charge in [-0.25, -0.2) is 0 Å². The highest BCUT2D eigenvalue weighted by atomic mass is 32.1. The number of carbonyl (C=O) groups is 1. The molecule has 1 saturated heterocycles. The van der Waals surface area contributed by atoms with Gasteiger partial charge in [0.05, 0.1) is 0 Å². The maximum atomic E-state index is 11.3. The lowest BCUT2D eigenvalue weighted by Crippen LogP contribution is -2.41. The van der Waals surface area contributed by atoms with E-state index in [9.17, 15) is 4.79 Å². The summed E-state index contributed by atoms with van der Waals surface area (Å²) in [6.07, 6.45) is 2.08. The normalized spacial score (nSPS) is 15.8. The molecule has 1 heterocycles. The molecule has 1 aromatic rings. The monoisotopic (exact) mass is 291 g/mol. The third-order valence-corrected chi connectivity index (χ3v) is 3.89. The van der Waals surface area contributed by atoms with E-state index in [-0.39, 0.29) is 5.91 Å². The molecule has 0 atom stereocenters. The second kappa shape index (κ2) is 7.24. The minimum atomic E-state index is 0.178. The van der Waals surface area contributed by atoms with Crippen LogP contribution in [-0.2, 0) is 4.79 Å². The van der Waals surface area contributed by atoms with E-state index in [1.165, 1.54) is 0 Å². The quantitative estimate of drug-likeness (QED) is 0.838. The van der Waals surface area contributed by atoms with E-state index in [1.807, 2.05) is 35.2 Å². The number of piperidine rings is 1. The molecule has 0 spiro atoms. The Kier molecular flexibility index (Phi) is 5.35. The van der Waals surface area contributed by atoms with E-state index in [0.717, 1.165) is 38.2 Å². The fraction of sp³-hybridized carbons (Fsp3) is 0.467. The summed E-state index contributed by atoms with van der Waals surface area (Å²) in [5.74, 6) is 0.763. The van der Waals surface area contributed by atoms with Crippen molar-refractivity contribution >= 4 is 28.9 Å². The average Bonchev–Trinajstić information content (AvgIpc) is 2.46. The summed E-state index contributed by atoms with van der Waals surface area (Å²) in [7, 11) is 0. The Hall–Kier alpha value is -1.62. The van der Waals surface area contributed by atoms with Crippen molar-refractivity contribution in [1.29, 1.82) is 0 Å². The number of amides is 1. The summed E-state index contributed by atoms with van der Waals surface area (Å²) in [5, 5.41) is 7.08. The Balaban J connectivity index is 1.68. The van der Waals surface area contributed by atoms with Crippen molar-refractivity contribution < 1.29 is 4.79 Å². The largest absolute Gasteiger partial charge is 0.362 e. The van der Waals surface area contributed by atoms with Crippen LogP contribution in [0, 0.1) is 5.92 Å². The Morgan fingerprint density at radius 3 is 2.55 bits per heavy atom. The molecule has 2 rings (SSSR count). The van der Waals surface area contributed by atoms with Gasteiger partial charge in [0.15, 0.2) is 5.11 Å². The number of thiocarbonyl (C=S) groups is 1. The van der Waals surface area contributed by atoms with Crippen molar-refractivity contribution in [2.24, 2.45) is 5.92 Å². The Morgan fingerprint density at radius 2 is 1.95 bits per heavy atom. The first kappa shape index (κ1) is 14.8. The van der Waals surface area contributed by atoms with Gasteiger partial charge in [-0.2, -0.15) is 0 Å². The van der Waals surface area contributed by atoms with E-state index < -0.39 is 0 Å². The van der Waals surface area contributed by atoms with E-state index in [1.54, 1.807) is 6.92 Å². The molecule has 0 unspecified atom stereocenters. The summed E-state index contributed by atoms with van der Waals surface area (Å²) < 4.78 is 0. The molecule has 1 aliphatic rings. The Bertz CT molecular complexity index is 455. The standard InChI is InChI=1S/C15H21N3OS/c1-12(19)18-9-7-13(8-10-18)11-16-15(20)17-14-5-3-2-4-6-14/h2-6,13H,7-11H2,1H3,(H2,16,17,20). The van der Waals surface area contributed by atoms with Crippen LogP contribution in [0.15, 0.2) is 30.3 Å². The molecule has 1 aromatic carbocycles. The van der Waals surface area contributed by atoms with Crippen LogP contribution in [0.4, 0.5) is 5.69 Å².